The van der Waals surface area contributed by atoms with E-state index >= 15 is 26.3 Å². The average Bonchev–Trinajstić information content (AvgIpc) is 3.83. The highest BCUT2D eigenvalue weighted by Gasteiger charge is 2.44. The molecular formula is C39H26F6N2O2. The molecule has 0 N–H and O–H groups in total. The van der Waals surface area contributed by atoms with Crippen molar-refractivity contribution in [2.75, 3.05) is 7.05 Å². The quantitative estimate of drug-likeness (QED) is 0.166. The maximum absolute atomic E-state index is 15.2. The molecule has 0 saturated carbocycles. The number of benzene rings is 3. The number of pyridine rings is 1. The molecule has 3 aromatic carbocycles. The summed E-state index contributed by atoms with van der Waals surface area (Å²) in [6.07, 6.45) is -5.45. The lowest BCUT2D eigenvalue weighted by atomic mass is 9.85. The van der Waals surface area contributed by atoms with Gasteiger partial charge in [-0.15, -0.1) is 0 Å². The van der Waals surface area contributed by atoms with Crippen molar-refractivity contribution in [1.82, 2.24) is 9.88 Å². The summed E-state index contributed by atoms with van der Waals surface area (Å²) in [7, 11) is 1.55. The van der Waals surface area contributed by atoms with Gasteiger partial charge in [0.25, 0.3) is 0 Å². The standard InChI is InChI=1S/C39H26F6N2O2/c1-47-31(33-18-10-20-49-33)23-29(35(39(43,44)45)37(47)25-13-6-3-7-14-25)27-16-8-15-26(21-27)28-22-30(32-17-9-19-48-32)46-36(34(28)38(40,41)42)24-11-4-2-5-12-24/h2-23,31H,1H3. The maximum atomic E-state index is 15.2. The third kappa shape index (κ3) is 6.06. The van der Waals surface area contributed by atoms with Gasteiger partial charge in [-0.05, 0) is 70.3 Å². The first-order chi connectivity index (χ1) is 23.5. The lowest BCUT2D eigenvalue weighted by Crippen LogP contribution is -2.31. The number of hydrogen-bond donors (Lipinski definition) is 0. The van der Waals surface area contributed by atoms with Gasteiger partial charge in [-0.3, -0.25) is 0 Å². The zero-order valence-corrected chi connectivity index (χ0v) is 25.8. The summed E-state index contributed by atoms with van der Waals surface area (Å²) in [4.78, 5) is 5.88. The van der Waals surface area contributed by atoms with E-state index in [2.05, 4.69) is 4.98 Å². The molecule has 1 atom stereocenters. The average molecular weight is 669 g/mol. The highest BCUT2D eigenvalue weighted by molar-refractivity contribution is 5.93. The Kier molecular flexibility index (Phi) is 8.02. The molecule has 0 amide bonds. The van der Waals surface area contributed by atoms with E-state index in [4.69, 9.17) is 8.83 Å². The van der Waals surface area contributed by atoms with Crippen LogP contribution >= 0.6 is 0 Å². The lowest BCUT2D eigenvalue weighted by Gasteiger charge is -2.37. The number of allylic oxidation sites excluding steroid dienone is 2. The van der Waals surface area contributed by atoms with Crippen molar-refractivity contribution >= 4 is 11.3 Å². The molecule has 10 heteroatoms. The molecule has 0 fully saturated rings. The second kappa shape index (κ2) is 12.4. The normalized spacial score (nSPS) is 15.4. The number of hydrogen-bond acceptors (Lipinski definition) is 4. The van der Waals surface area contributed by atoms with Crippen LogP contribution in [0.2, 0.25) is 0 Å². The van der Waals surface area contributed by atoms with Gasteiger partial charge in [0.2, 0.25) is 0 Å². The monoisotopic (exact) mass is 668 g/mol. The van der Waals surface area contributed by atoms with Crippen LogP contribution in [0, 0.1) is 0 Å². The molecule has 0 saturated heterocycles. The first-order valence-corrected chi connectivity index (χ1v) is 15.2. The minimum Gasteiger partial charge on any atom is -0.467 e. The predicted molar refractivity (Wildman–Crippen MR) is 174 cm³/mol. The van der Waals surface area contributed by atoms with Gasteiger partial charge in [0.05, 0.1) is 35.1 Å². The van der Waals surface area contributed by atoms with Gasteiger partial charge in [-0.1, -0.05) is 78.9 Å². The predicted octanol–water partition coefficient (Wildman–Crippen LogP) is 11.3. The van der Waals surface area contributed by atoms with Crippen molar-refractivity contribution in [2.24, 2.45) is 0 Å². The lowest BCUT2D eigenvalue weighted by molar-refractivity contribution is -0.136. The van der Waals surface area contributed by atoms with Crippen LogP contribution in [0.1, 0.15) is 28.5 Å². The topological polar surface area (TPSA) is 42.4 Å². The number of aromatic nitrogens is 1. The summed E-state index contributed by atoms with van der Waals surface area (Å²) in [5.74, 6) is 0.632. The molecule has 3 aromatic heterocycles. The van der Waals surface area contributed by atoms with Crippen molar-refractivity contribution in [3.05, 3.63) is 162 Å². The van der Waals surface area contributed by atoms with E-state index in [-0.39, 0.29) is 50.7 Å². The van der Waals surface area contributed by atoms with Gasteiger partial charge >= 0.3 is 12.4 Å². The zero-order valence-electron chi connectivity index (χ0n) is 25.8. The SMILES string of the molecule is CN1C(c2ccccc2)=C(C(F)(F)F)C(c2cccc(-c3cc(-c4ccco4)nc(-c4ccccc4)c3C(F)(F)F)c2)=CC1c1ccco1. The van der Waals surface area contributed by atoms with E-state index < -0.39 is 29.5 Å². The summed E-state index contributed by atoms with van der Waals surface area (Å²) in [5.41, 5.74) is -2.02. The Morgan fingerprint density at radius 1 is 0.633 bits per heavy atom. The molecule has 246 valence electrons. The van der Waals surface area contributed by atoms with Crippen molar-refractivity contribution in [1.29, 1.82) is 0 Å². The molecule has 1 aliphatic heterocycles. The molecule has 7 rings (SSSR count). The molecule has 4 nitrogen and oxygen atoms in total. The molecule has 0 radical (unpaired) electrons. The van der Waals surface area contributed by atoms with Crippen LogP contribution in [0.5, 0.6) is 0 Å². The van der Waals surface area contributed by atoms with Crippen LogP contribution in [0.4, 0.5) is 26.3 Å². The van der Waals surface area contributed by atoms with Gasteiger partial charge < -0.3 is 13.7 Å². The third-order valence-corrected chi connectivity index (χ3v) is 8.37. The van der Waals surface area contributed by atoms with Crippen LogP contribution in [-0.2, 0) is 6.18 Å². The maximum Gasteiger partial charge on any atom is 0.419 e. The van der Waals surface area contributed by atoms with E-state index in [0.717, 1.165) is 0 Å². The minimum atomic E-state index is -4.88. The van der Waals surface area contributed by atoms with Crippen molar-refractivity contribution in [3.8, 4) is 33.8 Å². The van der Waals surface area contributed by atoms with Gasteiger partial charge in [0, 0.05) is 12.6 Å². The number of likely N-dealkylation sites (N-methyl/N-ethyl adjacent to an activating group) is 1. The number of rotatable bonds is 6. The third-order valence-electron chi connectivity index (χ3n) is 8.37. The van der Waals surface area contributed by atoms with Crippen LogP contribution in [0.15, 0.2) is 148 Å². The molecule has 6 aromatic rings. The Balaban J connectivity index is 1.50. The molecule has 0 aliphatic carbocycles. The molecule has 0 spiro atoms. The fourth-order valence-corrected chi connectivity index (χ4v) is 6.27. The molecule has 49 heavy (non-hydrogen) atoms. The Morgan fingerprint density at radius 2 is 1.27 bits per heavy atom. The number of nitrogens with zero attached hydrogens (tertiary/aromatic N) is 2. The van der Waals surface area contributed by atoms with Gasteiger partial charge in [-0.25, -0.2) is 4.98 Å². The van der Waals surface area contributed by atoms with Crippen LogP contribution in [0.3, 0.4) is 0 Å². The minimum absolute atomic E-state index is 0.0503. The van der Waals surface area contributed by atoms with E-state index in [9.17, 15) is 0 Å². The highest BCUT2D eigenvalue weighted by atomic mass is 19.4. The summed E-state index contributed by atoms with van der Waals surface area (Å²) in [6.45, 7) is 0. The second-order valence-electron chi connectivity index (χ2n) is 11.4. The molecular weight excluding hydrogens is 642 g/mol. The summed E-state index contributed by atoms with van der Waals surface area (Å²) in [6, 6.07) is 28.8. The van der Waals surface area contributed by atoms with Crippen LogP contribution < -0.4 is 0 Å². The van der Waals surface area contributed by atoms with E-state index in [1.165, 1.54) is 66.0 Å². The summed E-state index contributed by atoms with van der Waals surface area (Å²) in [5, 5.41) is 0. The van der Waals surface area contributed by atoms with Crippen molar-refractivity contribution in [3.63, 3.8) is 0 Å². The zero-order chi connectivity index (χ0) is 34.3. The van der Waals surface area contributed by atoms with Crippen molar-refractivity contribution < 1.29 is 35.2 Å². The van der Waals surface area contributed by atoms with Gasteiger partial charge in [0.15, 0.2) is 5.76 Å². The van der Waals surface area contributed by atoms with Crippen LogP contribution in [-0.4, -0.2) is 23.1 Å². The van der Waals surface area contributed by atoms with Gasteiger partial charge in [-0.2, -0.15) is 26.3 Å². The summed E-state index contributed by atoms with van der Waals surface area (Å²) >= 11 is 0. The fraction of sp³-hybridized carbons (Fsp3) is 0.103. The molecule has 0 bridgehead atoms. The van der Waals surface area contributed by atoms with E-state index in [1.54, 1.807) is 79.8 Å². The fourth-order valence-electron chi connectivity index (χ4n) is 6.27. The largest absolute Gasteiger partial charge is 0.467 e. The Hall–Kier alpha value is -5.77. The smallest absolute Gasteiger partial charge is 0.419 e. The number of alkyl halides is 6. The molecule has 1 unspecified atom stereocenters. The number of furan rings is 2. The summed E-state index contributed by atoms with van der Waals surface area (Å²) < 4.78 is 102. The van der Waals surface area contributed by atoms with Gasteiger partial charge in [0.1, 0.15) is 17.5 Å². The van der Waals surface area contributed by atoms with Crippen LogP contribution in [0.25, 0.3) is 45.1 Å². The second-order valence-corrected chi connectivity index (χ2v) is 11.4. The Morgan fingerprint density at radius 3 is 1.88 bits per heavy atom. The van der Waals surface area contributed by atoms with E-state index in [0.29, 0.717) is 11.3 Å². The first kappa shape index (κ1) is 31.8. The van der Waals surface area contributed by atoms with E-state index in [1.807, 2.05) is 0 Å². The van der Waals surface area contributed by atoms with Crippen molar-refractivity contribution in [2.45, 2.75) is 18.4 Å². The first-order valence-electron chi connectivity index (χ1n) is 15.2. The molecule has 1 aliphatic rings. The highest BCUT2D eigenvalue weighted by Crippen LogP contribution is 2.50. The Labute approximate surface area is 277 Å². The number of halogens is 6. The molecule has 4 heterocycles. The Bertz CT molecular complexity index is 2150.